The van der Waals surface area contributed by atoms with Gasteiger partial charge in [-0.25, -0.2) is 4.98 Å². The van der Waals surface area contributed by atoms with Crippen molar-refractivity contribution in [3.63, 3.8) is 0 Å². The molecule has 0 fully saturated rings. The van der Waals surface area contributed by atoms with Gasteiger partial charge in [0.25, 0.3) is 0 Å². The van der Waals surface area contributed by atoms with Crippen LogP contribution in [0.15, 0.2) is 63.2 Å². The SMILES string of the molecule is CCn1cc(/C=C/C=C(Cl)\C=C(/C)Cl)nc1/C=C/c1ccc(Br)cc1. The third-order valence-corrected chi connectivity index (χ3v) is 4.19. The van der Waals surface area contributed by atoms with Crippen LogP contribution in [0.4, 0.5) is 0 Å². The topological polar surface area (TPSA) is 17.8 Å². The summed E-state index contributed by atoms with van der Waals surface area (Å²) in [6.07, 6.45) is 13.4. The summed E-state index contributed by atoms with van der Waals surface area (Å²) < 4.78 is 3.17. The molecule has 0 spiro atoms. The molecule has 25 heavy (non-hydrogen) atoms. The molecule has 2 rings (SSSR count). The average molecular weight is 438 g/mol. The number of hydrogen-bond acceptors (Lipinski definition) is 1. The van der Waals surface area contributed by atoms with Crippen molar-refractivity contribution in [1.29, 1.82) is 0 Å². The predicted octanol–water partition coefficient (Wildman–Crippen LogP) is 7.11. The third kappa shape index (κ3) is 6.69. The van der Waals surface area contributed by atoms with Gasteiger partial charge in [0.1, 0.15) is 5.82 Å². The van der Waals surface area contributed by atoms with E-state index in [1.54, 1.807) is 19.1 Å². The van der Waals surface area contributed by atoms with Gasteiger partial charge in [0, 0.05) is 27.3 Å². The molecule has 0 amide bonds. The Labute approximate surface area is 167 Å². The smallest absolute Gasteiger partial charge is 0.133 e. The molecule has 2 aromatic rings. The molecule has 0 N–H and O–H groups in total. The minimum absolute atomic E-state index is 0.578. The van der Waals surface area contributed by atoms with Crippen molar-refractivity contribution in [2.45, 2.75) is 20.4 Å². The van der Waals surface area contributed by atoms with E-state index in [1.165, 1.54) is 0 Å². The largest absolute Gasteiger partial charge is 0.331 e. The normalized spacial score (nSPS) is 13.3. The maximum atomic E-state index is 6.04. The van der Waals surface area contributed by atoms with Gasteiger partial charge in [0.05, 0.1) is 5.69 Å². The van der Waals surface area contributed by atoms with E-state index in [4.69, 9.17) is 23.2 Å². The summed E-state index contributed by atoms with van der Waals surface area (Å²) >= 11 is 15.3. The number of hydrogen-bond donors (Lipinski definition) is 0. The number of halogens is 3. The predicted molar refractivity (Wildman–Crippen MR) is 114 cm³/mol. The lowest BCUT2D eigenvalue weighted by Gasteiger charge is -1.99. The van der Waals surface area contributed by atoms with Crippen LogP contribution in [0.25, 0.3) is 18.2 Å². The number of aryl methyl sites for hydroxylation is 1. The van der Waals surface area contributed by atoms with Gasteiger partial charge in [-0.15, -0.1) is 0 Å². The van der Waals surface area contributed by atoms with Gasteiger partial charge in [-0.05, 0) is 55.8 Å². The summed E-state index contributed by atoms with van der Waals surface area (Å²) in [5, 5.41) is 1.22. The summed E-state index contributed by atoms with van der Waals surface area (Å²) in [6.45, 7) is 4.73. The Morgan fingerprint density at radius 2 is 1.88 bits per heavy atom. The standard InChI is InChI=1S/C20H19BrCl2N2/c1-3-25-14-19(6-4-5-18(23)13-15(2)22)24-20(25)12-9-16-7-10-17(21)11-8-16/h4-14H,3H2,1-2H3/b6-4+,12-9+,15-13+,18-5+. The molecule has 0 radical (unpaired) electrons. The van der Waals surface area contributed by atoms with Gasteiger partial charge >= 0.3 is 0 Å². The second-order valence-electron chi connectivity index (χ2n) is 5.34. The number of imidazole rings is 1. The Morgan fingerprint density at radius 1 is 1.16 bits per heavy atom. The van der Waals surface area contributed by atoms with Crippen molar-refractivity contribution < 1.29 is 0 Å². The molecule has 0 atom stereocenters. The zero-order chi connectivity index (χ0) is 18.2. The molecule has 0 aliphatic heterocycles. The molecule has 0 saturated heterocycles. The number of benzene rings is 1. The van der Waals surface area contributed by atoms with Crippen LogP contribution in [0, 0.1) is 0 Å². The van der Waals surface area contributed by atoms with E-state index in [-0.39, 0.29) is 0 Å². The summed E-state index contributed by atoms with van der Waals surface area (Å²) in [4.78, 5) is 4.64. The molecule has 0 saturated carbocycles. The van der Waals surface area contributed by atoms with E-state index in [0.29, 0.717) is 10.1 Å². The summed E-state index contributed by atoms with van der Waals surface area (Å²) in [5.41, 5.74) is 2.01. The van der Waals surface area contributed by atoms with Gasteiger partial charge in [-0.3, -0.25) is 0 Å². The van der Waals surface area contributed by atoms with E-state index < -0.39 is 0 Å². The first-order chi connectivity index (χ1) is 12.0. The fourth-order valence-electron chi connectivity index (χ4n) is 2.14. The van der Waals surface area contributed by atoms with Gasteiger partial charge in [0.15, 0.2) is 0 Å². The van der Waals surface area contributed by atoms with Gasteiger partial charge < -0.3 is 4.57 Å². The Morgan fingerprint density at radius 3 is 2.52 bits per heavy atom. The van der Waals surface area contributed by atoms with Crippen LogP contribution in [0.5, 0.6) is 0 Å². The highest BCUT2D eigenvalue weighted by Crippen LogP contribution is 2.15. The molecule has 2 nitrogen and oxygen atoms in total. The van der Waals surface area contributed by atoms with Crippen LogP contribution < -0.4 is 0 Å². The molecule has 5 heteroatoms. The molecule has 1 heterocycles. The lowest BCUT2D eigenvalue weighted by molar-refractivity contribution is 0.752. The second-order valence-corrected chi connectivity index (χ2v) is 7.28. The summed E-state index contributed by atoms with van der Waals surface area (Å²) in [5.74, 6) is 0.914. The quantitative estimate of drug-likeness (QED) is 0.440. The number of nitrogens with zero attached hydrogens (tertiary/aromatic N) is 2. The summed E-state index contributed by atoms with van der Waals surface area (Å²) in [6, 6.07) is 8.15. The van der Waals surface area contributed by atoms with Crippen molar-refractivity contribution in [2.24, 2.45) is 0 Å². The van der Waals surface area contributed by atoms with Gasteiger partial charge in [-0.2, -0.15) is 0 Å². The van der Waals surface area contributed by atoms with Crippen LogP contribution in [-0.2, 0) is 6.54 Å². The minimum Gasteiger partial charge on any atom is -0.331 e. The lowest BCUT2D eigenvalue weighted by Crippen LogP contribution is -1.94. The molecule has 1 aromatic heterocycles. The van der Waals surface area contributed by atoms with Crippen LogP contribution >= 0.6 is 39.1 Å². The summed E-state index contributed by atoms with van der Waals surface area (Å²) in [7, 11) is 0. The second kappa shape index (κ2) is 9.81. The Balaban J connectivity index is 2.15. The highest BCUT2D eigenvalue weighted by Gasteiger charge is 2.01. The highest BCUT2D eigenvalue weighted by molar-refractivity contribution is 9.10. The molecular weight excluding hydrogens is 419 g/mol. The molecular formula is C20H19BrCl2N2. The molecule has 0 bridgehead atoms. The molecule has 0 unspecified atom stereocenters. The average Bonchev–Trinajstić information content (AvgIpc) is 2.96. The Kier molecular flexibility index (Phi) is 7.76. The Hall–Kier alpha value is -1.55. The first kappa shape index (κ1) is 19.8. The van der Waals surface area contributed by atoms with Crippen LogP contribution in [0.2, 0.25) is 0 Å². The van der Waals surface area contributed by atoms with Crippen molar-refractivity contribution in [3.8, 4) is 0 Å². The van der Waals surface area contributed by atoms with Crippen molar-refractivity contribution in [3.05, 3.63) is 80.3 Å². The third-order valence-electron chi connectivity index (χ3n) is 3.32. The van der Waals surface area contributed by atoms with Gasteiger partial charge in [0.2, 0.25) is 0 Å². The zero-order valence-electron chi connectivity index (χ0n) is 14.1. The van der Waals surface area contributed by atoms with Crippen molar-refractivity contribution in [1.82, 2.24) is 9.55 Å². The fourth-order valence-corrected chi connectivity index (χ4v) is 2.81. The minimum atomic E-state index is 0.578. The first-order valence-electron chi connectivity index (χ1n) is 7.86. The molecule has 0 aliphatic rings. The van der Waals surface area contributed by atoms with E-state index in [9.17, 15) is 0 Å². The number of rotatable bonds is 6. The molecule has 130 valence electrons. The highest BCUT2D eigenvalue weighted by atomic mass is 79.9. The van der Waals surface area contributed by atoms with E-state index in [0.717, 1.165) is 28.1 Å². The molecule has 1 aromatic carbocycles. The van der Waals surface area contributed by atoms with E-state index in [1.807, 2.05) is 36.6 Å². The van der Waals surface area contributed by atoms with E-state index in [2.05, 4.69) is 50.6 Å². The fraction of sp³-hybridized carbons (Fsp3) is 0.150. The Bertz CT molecular complexity index is 824. The van der Waals surface area contributed by atoms with Crippen LogP contribution in [0.1, 0.15) is 30.9 Å². The van der Waals surface area contributed by atoms with Gasteiger partial charge in [-0.1, -0.05) is 63.4 Å². The van der Waals surface area contributed by atoms with E-state index >= 15 is 0 Å². The van der Waals surface area contributed by atoms with Crippen molar-refractivity contribution >= 4 is 57.4 Å². The van der Waals surface area contributed by atoms with Crippen molar-refractivity contribution in [2.75, 3.05) is 0 Å². The monoisotopic (exact) mass is 436 g/mol. The van der Waals surface area contributed by atoms with Crippen LogP contribution in [0.3, 0.4) is 0 Å². The maximum absolute atomic E-state index is 6.04. The molecule has 0 aliphatic carbocycles. The first-order valence-corrected chi connectivity index (χ1v) is 9.41. The lowest BCUT2D eigenvalue weighted by atomic mass is 10.2. The number of aromatic nitrogens is 2. The number of allylic oxidation sites excluding steroid dienone is 5. The maximum Gasteiger partial charge on any atom is 0.133 e. The zero-order valence-corrected chi connectivity index (χ0v) is 17.2. The van der Waals surface area contributed by atoms with Crippen LogP contribution in [-0.4, -0.2) is 9.55 Å².